The number of sulfonamides is 1. The van der Waals surface area contributed by atoms with Gasteiger partial charge >= 0.3 is 0 Å². The van der Waals surface area contributed by atoms with Gasteiger partial charge < -0.3 is 11.1 Å². The number of carbonyl (C=O) groups excluding carboxylic acids is 2. The van der Waals surface area contributed by atoms with Crippen molar-refractivity contribution < 1.29 is 18.0 Å². The third-order valence-corrected chi connectivity index (χ3v) is 5.69. The normalized spacial score (nSPS) is 11.3. The molecule has 0 bridgehead atoms. The zero-order valence-corrected chi connectivity index (χ0v) is 15.7. The van der Waals surface area contributed by atoms with E-state index in [-0.39, 0.29) is 11.4 Å². The predicted molar refractivity (Wildman–Crippen MR) is 97.5 cm³/mol. The van der Waals surface area contributed by atoms with Crippen LogP contribution in [-0.2, 0) is 14.8 Å². The molecule has 0 aliphatic rings. The molecule has 132 valence electrons. The van der Waals surface area contributed by atoms with E-state index in [2.05, 4.69) is 21.2 Å². The molecule has 3 N–H and O–H groups in total. The highest BCUT2D eigenvalue weighted by molar-refractivity contribution is 9.10. The highest BCUT2D eigenvalue weighted by Gasteiger charge is 2.22. The minimum Gasteiger partial charge on any atom is -0.366 e. The molecule has 0 aliphatic carbocycles. The van der Waals surface area contributed by atoms with Crippen molar-refractivity contribution in [2.45, 2.75) is 4.90 Å². The summed E-state index contributed by atoms with van der Waals surface area (Å²) in [6.07, 6.45) is 0. The third-order valence-electron chi connectivity index (χ3n) is 3.34. The van der Waals surface area contributed by atoms with E-state index in [1.54, 1.807) is 12.1 Å². The summed E-state index contributed by atoms with van der Waals surface area (Å²) >= 11 is 3.24. The number of anilines is 1. The zero-order chi connectivity index (χ0) is 18.6. The van der Waals surface area contributed by atoms with E-state index < -0.39 is 21.8 Å². The Morgan fingerprint density at radius 3 is 2.16 bits per heavy atom. The lowest BCUT2D eigenvalue weighted by Crippen LogP contribution is -2.34. The lowest BCUT2D eigenvalue weighted by atomic mass is 10.2. The van der Waals surface area contributed by atoms with Crippen LogP contribution < -0.4 is 11.1 Å². The lowest BCUT2D eigenvalue weighted by molar-refractivity contribution is -0.116. The van der Waals surface area contributed by atoms with E-state index >= 15 is 0 Å². The van der Waals surface area contributed by atoms with Crippen LogP contribution in [0.1, 0.15) is 10.4 Å². The predicted octanol–water partition coefficient (Wildman–Crippen LogP) is 1.81. The summed E-state index contributed by atoms with van der Waals surface area (Å²) in [5, 5.41) is 2.57. The second-order valence-electron chi connectivity index (χ2n) is 5.20. The minimum atomic E-state index is -3.77. The van der Waals surface area contributed by atoms with Crippen LogP contribution in [0.5, 0.6) is 0 Å². The fourth-order valence-electron chi connectivity index (χ4n) is 1.99. The van der Waals surface area contributed by atoms with Gasteiger partial charge in [0, 0.05) is 22.8 Å². The van der Waals surface area contributed by atoms with Gasteiger partial charge in [0.25, 0.3) is 0 Å². The van der Waals surface area contributed by atoms with Crippen molar-refractivity contribution in [3.05, 3.63) is 58.6 Å². The van der Waals surface area contributed by atoms with E-state index in [1.165, 1.54) is 43.4 Å². The van der Waals surface area contributed by atoms with Crippen molar-refractivity contribution in [3.8, 4) is 0 Å². The van der Waals surface area contributed by atoms with Gasteiger partial charge in [-0.15, -0.1) is 0 Å². The van der Waals surface area contributed by atoms with E-state index in [9.17, 15) is 18.0 Å². The van der Waals surface area contributed by atoms with Crippen LogP contribution in [0.3, 0.4) is 0 Å². The number of carbonyl (C=O) groups is 2. The number of likely N-dealkylation sites (N-methyl/N-ethyl adjacent to an activating group) is 1. The van der Waals surface area contributed by atoms with Gasteiger partial charge in [0.1, 0.15) is 0 Å². The van der Waals surface area contributed by atoms with Gasteiger partial charge in [-0.25, -0.2) is 8.42 Å². The van der Waals surface area contributed by atoms with Crippen LogP contribution >= 0.6 is 15.9 Å². The van der Waals surface area contributed by atoms with Gasteiger partial charge in [0.15, 0.2) is 0 Å². The second kappa shape index (κ2) is 7.77. The molecule has 2 amide bonds. The number of hydrogen-bond acceptors (Lipinski definition) is 4. The number of nitrogens with two attached hydrogens (primary N) is 1. The SMILES string of the molecule is CN(CC(=O)Nc1ccc(C(N)=O)cc1)S(=O)(=O)c1ccc(Br)cc1. The molecule has 0 saturated heterocycles. The fraction of sp³-hybridized carbons (Fsp3) is 0.125. The number of rotatable bonds is 6. The van der Waals surface area contributed by atoms with Gasteiger partial charge in [-0.3, -0.25) is 9.59 Å². The Bertz CT molecular complexity index is 881. The quantitative estimate of drug-likeness (QED) is 0.734. The molecular weight excluding hydrogens is 410 g/mol. The molecule has 0 saturated carbocycles. The first kappa shape index (κ1) is 19.1. The highest BCUT2D eigenvalue weighted by atomic mass is 79.9. The summed E-state index contributed by atoms with van der Waals surface area (Å²) in [6.45, 7) is -0.351. The molecule has 0 unspecified atom stereocenters. The molecule has 0 fully saturated rings. The summed E-state index contributed by atoms with van der Waals surface area (Å²) in [5.41, 5.74) is 5.89. The average molecular weight is 426 g/mol. The largest absolute Gasteiger partial charge is 0.366 e. The van der Waals surface area contributed by atoms with Crippen LogP contribution in [0.25, 0.3) is 0 Å². The molecule has 0 atom stereocenters. The van der Waals surface area contributed by atoms with Crippen molar-refractivity contribution in [2.24, 2.45) is 5.73 Å². The Labute approximate surface area is 154 Å². The first-order valence-corrected chi connectivity index (χ1v) is 9.35. The summed E-state index contributed by atoms with van der Waals surface area (Å²) in [6, 6.07) is 12.1. The highest BCUT2D eigenvalue weighted by Crippen LogP contribution is 2.18. The Hall–Kier alpha value is -2.23. The van der Waals surface area contributed by atoms with E-state index in [0.717, 1.165) is 8.78 Å². The van der Waals surface area contributed by atoms with Crippen molar-refractivity contribution in [3.63, 3.8) is 0 Å². The number of hydrogen-bond donors (Lipinski definition) is 2. The van der Waals surface area contributed by atoms with Gasteiger partial charge in [0.2, 0.25) is 21.8 Å². The molecule has 0 radical (unpaired) electrons. The molecule has 0 aromatic heterocycles. The first-order valence-electron chi connectivity index (χ1n) is 7.12. The van der Waals surface area contributed by atoms with Crippen molar-refractivity contribution >= 4 is 43.5 Å². The summed E-state index contributed by atoms with van der Waals surface area (Å²) in [5.74, 6) is -1.08. The molecule has 0 spiro atoms. The van der Waals surface area contributed by atoms with Gasteiger partial charge in [-0.1, -0.05) is 15.9 Å². The Morgan fingerprint density at radius 1 is 1.08 bits per heavy atom. The monoisotopic (exact) mass is 425 g/mol. The molecule has 2 aromatic rings. The molecule has 0 aliphatic heterocycles. The summed E-state index contributed by atoms with van der Waals surface area (Å²) < 4.78 is 26.6. The number of halogens is 1. The van der Waals surface area contributed by atoms with Crippen molar-refractivity contribution in [1.29, 1.82) is 0 Å². The summed E-state index contributed by atoms with van der Waals surface area (Å²) in [4.78, 5) is 23.2. The number of nitrogens with one attached hydrogen (secondary N) is 1. The standard InChI is InChI=1S/C16H16BrN3O4S/c1-20(25(23,24)14-8-4-12(17)5-9-14)10-15(21)19-13-6-2-11(3-7-13)16(18)22/h2-9H,10H2,1H3,(H2,18,22)(H,19,21). The fourth-order valence-corrected chi connectivity index (χ4v) is 3.38. The van der Waals surface area contributed by atoms with Crippen molar-refractivity contribution in [2.75, 3.05) is 18.9 Å². The van der Waals surface area contributed by atoms with Crippen LogP contribution in [0.15, 0.2) is 57.9 Å². The minimum absolute atomic E-state index is 0.0943. The van der Waals surface area contributed by atoms with Gasteiger partial charge in [0.05, 0.1) is 11.4 Å². The first-order chi connectivity index (χ1) is 11.7. The molecule has 2 rings (SSSR count). The number of benzene rings is 2. The van der Waals surface area contributed by atoms with Crippen LogP contribution in [-0.4, -0.2) is 38.1 Å². The third kappa shape index (κ3) is 4.88. The Kier molecular flexibility index (Phi) is 5.93. The number of amides is 2. The smallest absolute Gasteiger partial charge is 0.248 e. The van der Waals surface area contributed by atoms with E-state index in [0.29, 0.717) is 11.3 Å². The molecule has 9 heteroatoms. The maximum Gasteiger partial charge on any atom is 0.248 e. The molecular formula is C16H16BrN3O4S. The van der Waals surface area contributed by atoms with Crippen LogP contribution in [0, 0.1) is 0 Å². The van der Waals surface area contributed by atoms with E-state index in [4.69, 9.17) is 5.73 Å². The molecule has 2 aromatic carbocycles. The molecule has 25 heavy (non-hydrogen) atoms. The Morgan fingerprint density at radius 2 is 1.64 bits per heavy atom. The Balaban J connectivity index is 2.04. The maximum absolute atomic E-state index is 12.4. The lowest BCUT2D eigenvalue weighted by Gasteiger charge is -2.17. The number of primary amides is 1. The maximum atomic E-state index is 12.4. The van der Waals surface area contributed by atoms with Crippen molar-refractivity contribution in [1.82, 2.24) is 4.31 Å². The second-order valence-corrected chi connectivity index (χ2v) is 8.17. The summed E-state index contributed by atoms with van der Waals surface area (Å²) in [7, 11) is -2.44. The topological polar surface area (TPSA) is 110 Å². The van der Waals surface area contributed by atoms with Crippen LogP contribution in [0.4, 0.5) is 5.69 Å². The van der Waals surface area contributed by atoms with Crippen LogP contribution in [0.2, 0.25) is 0 Å². The van der Waals surface area contributed by atoms with Gasteiger partial charge in [-0.2, -0.15) is 4.31 Å². The number of nitrogens with zero attached hydrogens (tertiary/aromatic N) is 1. The zero-order valence-electron chi connectivity index (χ0n) is 13.3. The van der Waals surface area contributed by atoms with Gasteiger partial charge in [-0.05, 0) is 48.5 Å². The molecule has 7 nitrogen and oxygen atoms in total. The average Bonchev–Trinajstić information content (AvgIpc) is 2.55. The molecule has 0 heterocycles. The van der Waals surface area contributed by atoms with E-state index in [1.807, 2.05) is 0 Å².